The van der Waals surface area contributed by atoms with Gasteiger partial charge < -0.3 is 15.2 Å². The highest BCUT2D eigenvalue weighted by Crippen LogP contribution is 2.27. The second-order valence-electron chi connectivity index (χ2n) is 4.26. The van der Waals surface area contributed by atoms with Crippen LogP contribution in [0.25, 0.3) is 11.3 Å². The lowest BCUT2D eigenvalue weighted by Crippen LogP contribution is -2.05. The van der Waals surface area contributed by atoms with Gasteiger partial charge in [-0.1, -0.05) is 6.07 Å². The molecule has 2 N–H and O–H groups in total. The van der Waals surface area contributed by atoms with Gasteiger partial charge in [0.2, 0.25) is 0 Å². The molecule has 0 saturated carbocycles. The summed E-state index contributed by atoms with van der Waals surface area (Å²) < 4.78 is 5.23. The van der Waals surface area contributed by atoms with E-state index in [0.29, 0.717) is 0 Å². The van der Waals surface area contributed by atoms with Gasteiger partial charge in [0.15, 0.2) is 0 Å². The number of hydrogen-bond acceptors (Lipinski definition) is 4. The van der Waals surface area contributed by atoms with Crippen LogP contribution >= 0.6 is 0 Å². The Balaban J connectivity index is 2.47. The molecule has 0 unspecified atom stereocenters. The van der Waals surface area contributed by atoms with Gasteiger partial charge >= 0.3 is 0 Å². The van der Waals surface area contributed by atoms with Crippen molar-refractivity contribution in [3.05, 3.63) is 47.7 Å². The highest BCUT2D eigenvalue weighted by Gasteiger charge is 2.08. The molecule has 0 aliphatic heterocycles. The van der Waals surface area contributed by atoms with Gasteiger partial charge in [-0.05, 0) is 42.4 Å². The fraction of sp³-hybridized carbons (Fsp3) is 0.267. The number of aromatic nitrogens is 1. The van der Waals surface area contributed by atoms with Crippen LogP contribution in [-0.4, -0.2) is 24.2 Å². The van der Waals surface area contributed by atoms with E-state index >= 15 is 0 Å². The third kappa shape index (κ3) is 3.10. The summed E-state index contributed by atoms with van der Waals surface area (Å²) in [5.41, 5.74) is 3.74. The summed E-state index contributed by atoms with van der Waals surface area (Å²) in [5, 5.41) is 12.5. The third-order valence-electron chi connectivity index (χ3n) is 2.97. The number of rotatable bonds is 5. The Hall–Kier alpha value is -1.91. The molecule has 2 rings (SSSR count). The predicted molar refractivity (Wildman–Crippen MR) is 74.9 cm³/mol. The lowest BCUT2D eigenvalue weighted by atomic mass is 10.0. The van der Waals surface area contributed by atoms with E-state index in [0.717, 1.165) is 34.7 Å². The highest BCUT2D eigenvalue weighted by molar-refractivity contribution is 5.66. The largest absolute Gasteiger partial charge is 0.497 e. The standard InChI is InChI=1S/C15H18N2O2/c1-16-9-11-5-6-17-15(7-11)14-8-13(19-2)4-3-12(14)10-18/h3-8,16,18H,9-10H2,1-2H3. The maximum absolute atomic E-state index is 9.44. The van der Waals surface area contributed by atoms with Gasteiger partial charge in [-0.25, -0.2) is 0 Å². The van der Waals surface area contributed by atoms with Gasteiger partial charge in [-0.3, -0.25) is 4.98 Å². The van der Waals surface area contributed by atoms with Crippen molar-refractivity contribution in [3.8, 4) is 17.0 Å². The summed E-state index contributed by atoms with van der Waals surface area (Å²) in [6.45, 7) is 0.769. The van der Waals surface area contributed by atoms with Gasteiger partial charge in [0.05, 0.1) is 19.4 Å². The van der Waals surface area contributed by atoms with Crippen LogP contribution in [0.3, 0.4) is 0 Å². The zero-order chi connectivity index (χ0) is 13.7. The Morgan fingerprint density at radius 2 is 2.11 bits per heavy atom. The van der Waals surface area contributed by atoms with Crippen molar-refractivity contribution in [2.24, 2.45) is 0 Å². The first-order valence-corrected chi connectivity index (χ1v) is 6.16. The number of ether oxygens (including phenoxy) is 1. The molecule has 4 heteroatoms. The Bertz CT molecular complexity index is 556. The van der Waals surface area contributed by atoms with Crippen molar-refractivity contribution in [2.75, 3.05) is 14.2 Å². The summed E-state index contributed by atoms with van der Waals surface area (Å²) in [7, 11) is 3.54. The third-order valence-corrected chi connectivity index (χ3v) is 2.97. The van der Waals surface area contributed by atoms with E-state index in [9.17, 15) is 5.11 Å². The summed E-state index contributed by atoms with van der Waals surface area (Å²) in [6.07, 6.45) is 1.78. The van der Waals surface area contributed by atoms with Crippen LogP contribution in [0.15, 0.2) is 36.5 Å². The van der Waals surface area contributed by atoms with Gasteiger partial charge in [0.1, 0.15) is 5.75 Å². The molecule has 19 heavy (non-hydrogen) atoms. The molecular weight excluding hydrogens is 240 g/mol. The van der Waals surface area contributed by atoms with Crippen LogP contribution in [0.1, 0.15) is 11.1 Å². The number of pyridine rings is 1. The van der Waals surface area contributed by atoms with E-state index in [1.807, 2.05) is 37.4 Å². The number of benzene rings is 1. The molecule has 1 heterocycles. The van der Waals surface area contributed by atoms with E-state index in [4.69, 9.17) is 4.74 Å². The average molecular weight is 258 g/mol. The first-order chi connectivity index (χ1) is 9.28. The molecule has 0 atom stereocenters. The molecule has 0 aliphatic rings. The molecule has 0 spiro atoms. The van der Waals surface area contributed by atoms with Crippen molar-refractivity contribution < 1.29 is 9.84 Å². The van der Waals surface area contributed by atoms with Crippen molar-refractivity contribution in [1.29, 1.82) is 0 Å². The number of aliphatic hydroxyl groups is 1. The maximum atomic E-state index is 9.44. The molecule has 4 nitrogen and oxygen atoms in total. The van der Waals surface area contributed by atoms with Crippen LogP contribution in [0.2, 0.25) is 0 Å². The Morgan fingerprint density at radius 1 is 1.26 bits per heavy atom. The first-order valence-electron chi connectivity index (χ1n) is 6.16. The monoisotopic (exact) mass is 258 g/mol. The molecule has 2 aromatic rings. The number of nitrogens with zero attached hydrogens (tertiary/aromatic N) is 1. The summed E-state index contributed by atoms with van der Waals surface area (Å²) in [6, 6.07) is 9.59. The van der Waals surface area contributed by atoms with Crippen molar-refractivity contribution >= 4 is 0 Å². The van der Waals surface area contributed by atoms with E-state index in [-0.39, 0.29) is 6.61 Å². The summed E-state index contributed by atoms with van der Waals surface area (Å²) in [5.74, 6) is 0.757. The van der Waals surface area contributed by atoms with Crippen LogP contribution < -0.4 is 10.1 Å². The quantitative estimate of drug-likeness (QED) is 0.861. The van der Waals surface area contributed by atoms with Crippen LogP contribution in [0.5, 0.6) is 5.75 Å². The fourth-order valence-electron chi connectivity index (χ4n) is 1.99. The zero-order valence-electron chi connectivity index (χ0n) is 11.2. The Morgan fingerprint density at radius 3 is 2.79 bits per heavy atom. The lowest BCUT2D eigenvalue weighted by molar-refractivity contribution is 0.282. The SMILES string of the molecule is CNCc1ccnc(-c2cc(OC)ccc2CO)c1. The van der Waals surface area contributed by atoms with Crippen molar-refractivity contribution in [2.45, 2.75) is 13.2 Å². The Labute approximate surface area is 113 Å². The minimum atomic E-state index is -0.0166. The second-order valence-corrected chi connectivity index (χ2v) is 4.26. The predicted octanol–water partition coefficient (Wildman–Crippen LogP) is 1.97. The smallest absolute Gasteiger partial charge is 0.119 e. The molecule has 0 amide bonds. The van der Waals surface area contributed by atoms with E-state index in [1.54, 1.807) is 13.3 Å². The molecule has 0 radical (unpaired) electrons. The van der Waals surface area contributed by atoms with Crippen molar-refractivity contribution in [1.82, 2.24) is 10.3 Å². The summed E-state index contributed by atoms with van der Waals surface area (Å²) >= 11 is 0. The van der Waals surface area contributed by atoms with E-state index in [1.165, 1.54) is 0 Å². The maximum Gasteiger partial charge on any atom is 0.119 e. The minimum absolute atomic E-state index is 0.0166. The minimum Gasteiger partial charge on any atom is -0.497 e. The second kappa shape index (κ2) is 6.31. The van der Waals surface area contributed by atoms with Crippen molar-refractivity contribution in [3.63, 3.8) is 0 Å². The topological polar surface area (TPSA) is 54.4 Å². The number of methoxy groups -OCH3 is 1. The normalized spacial score (nSPS) is 10.5. The molecule has 0 fully saturated rings. The lowest BCUT2D eigenvalue weighted by Gasteiger charge is -2.10. The Kier molecular flexibility index (Phi) is 4.49. The van der Waals surface area contributed by atoms with Crippen LogP contribution in [0.4, 0.5) is 0 Å². The van der Waals surface area contributed by atoms with Gasteiger partial charge in [-0.2, -0.15) is 0 Å². The number of aliphatic hydroxyl groups excluding tert-OH is 1. The van der Waals surface area contributed by atoms with Gasteiger partial charge in [0.25, 0.3) is 0 Å². The highest BCUT2D eigenvalue weighted by atomic mass is 16.5. The molecule has 1 aromatic heterocycles. The van der Waals surface area contributed by atoms with Crippen LogP contribution in [0, 0.1) is 0 Å². The first kappa shape index (κ1) is 13.5. The van der Waals surface area contributed by atoms with Crippen LogP contribution in [-0.2, 0) is 13.2 Å². The molecule has 0 aliphatic carbocycles. The zero-order valence-corrected chi connectivity index (χ0v) is 11.2. The van der Waals surface area contributed by atoms with E-state index in [2.05, 4.69) is 10.3 Å². The summed E-state index contributed by atoms with van der Waals surface area (Å²) in [4.78, 5) is 4.38. The number of nitrogens with one attached hydrogen (secondary N) is 1. The molecule has 1 aromatic carbocycles. The van der Waals surface area contributed by atoms with E-state index < -0.39 is 0 Å². The molecule has 0 saturated heterocycles. The molecular formula is C15H18N2O2. The fourth-order valence-corrected chi connectivity index (χ4v) is 1.99. The molecule has 100 valence electrons. The number of hydrogen-bond donors (Lipinski definition) is 2. The van der Waals surface area contributed by atoms with Gasteiger partial charge in [0, 0.05) is 18.3 Å². The average Bonchev–Trinajstić information content (AvgIpc) is 2.47. The van der Waals surface area contributed by atoms with Gasteiger partial charge in [-0.15, -0.1) is 0 Å². The molecule has 0 bridgehead atoms.